The van der Waals surface area contributed by atoms with Gasteiger partial charge in [0.1, 0.15) is 12.4 Å². The number of imidazole rings is 1. The van der Waals surface area contributed by atoms with Crippen molar-refractivity contribution in [1.82, 2.24) is 23.6 Å². The summed E-state index contributed by atoms with van der Waals surface area (Å²) in [7, 11) is 2.91. The molecule has 0 atom stereocenters. The van der Waals surface area contributed by atoms with Crippen LogP contribution in [0.3, 0.4) is 0 Å². The molecule has 0 N–H and O–H groups in total. The summed E-state index contributed by atoms with van der Waals surface area (Å²) in [5.41, 5.74) is -0.104. The summed E-state index contributed by atoms with van der Waals surface area (Å²) in [5.74, 6) is -0.571. The van der Waals surface area contributed by atoms with Crippen molar-refractivity contribution in [3.05, 3.63) is 62.8 Å². The Morgan fingerprint density at radius 3 is 2.61 bits per heavy atom. The van der Waals surface area contributed by atoms with Crippen molar-refractivity contribution in [2.45, 2.75) is 32.0 Å². The maximum atomic E-state index is 14.0. The molecular weight excluding hydrogens is 365 g/mol. The summed E-state index contributed by atoms with van der Waals surface area (Å²) >= 11 is 0. The van der Waals surface area contributed by atoms with E-state index in [0.717, 1.165) is 17.4 Å². The zero-order valence-corrected chi connectivity index (χ0v) is 15.6. The summed E-state index contributed by atoms with van der Waals surface area (Å²) in [6, 6.07) is 6.46. The first kappa shape index (κ1) is 18.1. The monoisotopic (exact) mass is 385 g/mol. The van der Waals surface area contributed by atoms with Gasteiger partial charge in [-0.05, 0) is 18.9 Å². The second-order valence-corrected chi connectivity index (χ2v) is 7.09. The van der Waals surface area contributed by atoms with E-state index in [9.17, 15) is 18.8 Å². The number of halogens is 1. The molecule has 28 heavy (non-hydrogen) atoms. The topological polar surface area (TPSA) is 82.1 Å². The average Bonchev–Trinajstić information content (AvgIpc) is 3.43. The number of amides is 1. The van der Waals surface area contributed by atoms with Crippen LogP contribution in [0.2, 0.25) is 0 Å². The van der Waals surface area contributed by atoms with Gasteiger partial charge in [0.15, 0.2) is 11.2 Å². The van der Waals surface area contributed by atoms with Crippen LogP contribution in [0.1, 0.15) is 18.4 Å². The Bertz CT molecular complexity index is 1190. The fourth-order valence-corrected chi connectivity index (χ4v) is 3.37. The molecule has 1 aliphatic rings. The van der Waals surface area contributed by atoms with Crippen LogP contribution in [-0.2, 0) is 32.0 Å². The van der Waals surface area contributed by atoms with E-state index in [4.69, 9.17) is 0 Å². The number of hydrogen-bond donors (Lipinski definition) is 0. The normalized spacial score (nSPS) is 13.8. The maximum Gasteiger partial charge on any atom is 0.332 e. The Kier molecular flexibility index (Phi) is 4.37. The number of benzene rings is 1. The molecule has 9 heteroatoms. The SMILES string of the molecule is Cn1c(=O)c2c(ncn2CC(=O)N(Cc2ccccc2F)C2CC2)n(C)c1=O. The molecular formula is C19H20FN5O3. The van der Waals surface area contributed by atoms with Gasteiger partial charge in [-0.1, -0.05) is 18.2 Å². The van der Waals surface area contributed by atoms with E-state index in [2.05, 4.69) is 4.98 Å². The Balaban J connectivity index is 1.66. The summed E-state index contributed by atoms with van der Waals surface area (Å²) in [6.45, 7) is 0.0776. The highest BCUT2D eigenvalue weighted by Crippen LogP contribution is 2.29. The van der Waals surface area contributed by atoms with Crippen LogP contribution >= 0.6 is 0 Å². The molecule has 1 amide bonds. The van der Waals surface area contributed by atoms with E-state index < -0.39 is 11.2 Å². The number of aromatic nitrogens is 4. The third-order valence-electron chi connectivity index (χ3n) is 5.13. The third kappa shape index (κ3) is 3.02. The van der Waals surface area contributed by atoms with E-state index in [-0.39, 0.29) is 42.0 Å². The van der Waals surface area contributed by atoms with Gasteiger partial charge in [-0.2, -0.15) is 0 Å². The molecule has 2 heterocycles. The highest BCUT2D eigenvalue weighted by molar-refractivity contribution is 5.79. The Morgan fingerprint density at radius 2 is 1.93 bits per heavy atom. The van der Waals surface area contributed by atoms with Crippen molar-refractivity contribution in [3.8, 4) is 0 Å². The molecule has 8 nitrogen and oxygen atoms in total. The van der Waals surface area contributed by atoms with Crippen LogP contribution in [0.4, 0.5) is 4.39 Å². The lowest BCUT2D eigenvalue weighted by atomic mass is 10.2. The van der Waals surface area contributed by atoms with Crippen LogP contribution in [0.5, 0.6) is 0 Å². The van der Waals surface area contributed by atoms with Crippen LogP contribution in [0.15, 0.2) is 40.2 Å². The van der Waals surface area contributed by atoms with E-state index in [1.807, 2.05) is 0 Å². The highest BCUT2D eigenvalue weighted by atomic mass is 19.1. The van der Waals surface area contributed by atoms with Crippen LogP contribution < -0.4 is 11.2 Å². The number of hydrogen-bond acceptors (Lipinski definition) is 4. The predicted octanol–water partition coefficient (Wildman–Crippen LogP) is 0.764. The highest BCUT2D eigenvalue weighted by Gasteiger charge is 2.33. The number of aryl methyl sites for hydroxylation is 1. The smallest absolute Gasteiger partial charge is 0.332 e. The van der Waals surface area contributed by atoms with Gasteiger partial charge < -0.3 is 9.47 Å². The van der Waals surface area contributed by atoms with Gasteiger partial charge in [-0.3, -0.25) is 18.7 Å². The number of rotatable bonds is 5. The summed E-state index contributed by atoms with van der Waals surface area (Å²) in [5, 5.41) is 0. The number of fused-ring (bicyclic) bond motifs is 1. The molecule has 146 valence electrons. The lowest BCUT2D eigenvalue weighted by Gasteiger charge is -2.23. The van der Waals surface area contributed by atoms with Gasteiger partial charge in [0.05, 0.1) is 6.33 Å². The van der Waals surface area contributed by atoms with E-state index in [0.29, 0.717) is 5.56 Å². The van der Waals surface area contributed by atoms with Gasteiger partial charge in [0.25, 0.3) is 5.56 Å². The number of nitrogens with zero attached hydrogens (tertiary/aromatic N) is 5. The van der Waals surface area contributed by atoms with Gasteiger partial charge in [-0.25, -0.2) is 14.2 Å². The van der Waals surface area contributed by atoms with E-state index in [1.165, 1.54) is 35.6 Å². The largest absolute Gasteiger partial charge is 0.334 e. The van der Waals surface area contributed by atoms with E-state index >= 15 is 0 Å². The minimum atomic E-state index is -0.504. The van der Waals surface area contributed by atoms with Crippen LogP contribution in [-0.4, -0.2) is 35.5 Å². The molecule has 2 aromatic heterocycles. The fraction of sp³-hybridized carbons (Fsp3) is 0.368. The first-order chi connectivity index (χ1) is 13.4. The van der Waals surface area contributed by atoms with Crippen molar-refractivity contribution in [2.75, 3.05) is 0 Å². The first-order valence-electron chi connectivity index (χ1n) is 9.02. The van der Waals surface area contributed by atoms with Crippen molar-refractivity contribution in [1.29, 1.82) is 0 Å². The Morgan fingerprint density at radius 1 is 1.21 bits per heavy atom. The number of carbonyl (C=O) groups is 1. The second-order valence-electron chi connectivity index (χ2n) is 7.09. The Labute approximate surface area is 159 Å². The third-order valence-corrected chi connectivity index (χ3v) is 5.13. The number of carbonyl (C=O) groups excluding carboxylic acids is 1. The minimum absolute atomic E-state index is 0.0779. The van der Waals surface area contributed by atoms with Crippen LogP contribution in [0.25, 0.3) is 11.2 Å². The Hall–Kier alpha value is -3.23. The second kappa shape index (κ2) is 6.74. The molecule has 0 saturated heterocycles. The standard InChI is InChI=1S/C19H20FN5O3/c1-22-17-16(18(27)23(2)19(22)28)24(11-21-17)10-15(26)25(13-7-8-13)9-12-5-3-4-6-14(12)20/h3-6,11,13H,7-10H2,1-2H3. The summed E-state index contributed by atoms with van der Waals surface area (Å²) in [4.78, 5) is 43.3. The molecule has 4 rings (SSSR count). The van der Waals surface area contributed by atoms with Crippen molar-refractivity contribution < 1.29 is 9.18 Å². The molecule has 1 fully saturated rings. The molecule has 0 bridgehead atoms. The molecule has 0 unspecified atom stereocenters. The minimum Gasteiger partial charge on any atom is -0.334 e. The zero-order chi connectivity index (χ0) is 20.0. The molecule has 1 aliphatic carbocycles. The summed E-state index contributed by atoms with van der Waals surface area (Å²) in [6.07, 6.45) is 3.14. The molecule has 0 radical (unpaired) electrons. The van der Waals surface area contributed by atoms with Gasteiger partial charge >= 0.3 is 5.69 Å². The lowest BCUT2D eigenvalue weighted by molar-refractivity contribution is -0.133. The van der Waals surface area contributed by atoms with E-state index in [1.54, 1.807) is 23.1 Å². The van der Waals surface area contributed by atoms with Gasteiger partial charge in [-0.15, -0.1) is 0 Å². The molecule has 1 aromatic carbocycles. The van der Waals surface area contributed by atoms with Crippen LogP contribution in [0, 0.1) is 5.82 Å². The van der Waals surface area contributed by atoms with Crippen molar-refractivity contribution in [2.24, 2.45) is 14.1 Å². The molecule has 3 aromatic rings. The first-order valence-corrected chi connectivity index (χ1v) is 9.02. The predicted molar refractivity (Wildman–Crippen MR) is 100 cm³/mol. The molecule has 0 spiro atoms. The van der Waals surface area contributed by atoms with Crippen molar-refractivity contribution in [3.63, 3.8) is 0 Å². The molecule has 1 saturated carbocycles. The summed E-state index contributed by atoms with van der Waals surface area (Å²) < 4.78 is 17.7. The fourth-order valence-electron chi connectivity index (χ4n) is 3.37. The van der Waals surface area contributed by atoms with Crippen molar-refractivity contribution >= 4 is 17.1 Å². The molecule has 0 aliphatic heterocycles. The quantitative estimate of drug-likeness (QED) is 0.649. The van der Waals surface area contributed by atoms with Gasteiger partial charge in [0, 0.05) is 32.2 Å². The lowest BCUT2D eigenvalue weighted by Crippen LogP contribution is -2.39. The average molecular weight is 385 g/mol. The maximum absolute atomic E-state index is 14.0. The zero-order valence-electron chi connectivity index (χ0n) is 15.6. The van der Waals surface area contributed by atoms with Gasteiger partial charge in [0.2, 0.25) is 5.91 Å².